The highest BCUT2D eigenvalue weighted by molar-refractivity contribution is 7.80. The Morgan fingerprint density at radius 2 is 1.76 bits per heavy atom. The summed E-state index contributed by atoms with van der Waals surface area (Å²) in [6.45, 7) is 14.8. The van der Waals surface area contributed by atoms with E-state index in [2.05, 4.69) is 41.5 Å². The van der Waals surface area contributed by atoms with Crippen molar-refractivity contribution >= 4 is 7.26 Å². The number of fused-ring (bicyclic) bond motifs is 1. The van der Waals surface area contributed by atoms with E-state index >= 15 is 0 Å². The maximum Gasteiger partial charge on any atom is 0.0770 e. The van der Waals surface area contributed by atoms with E-state index in [4.69, 9.17) is 0 Å². The molecule has 6 atom stereocenters. The van der Waals surface area contributed by atoms with Gasteiger partial charge in [-0.05, 0) is 38.0 Å². The third-order valence-corrected chi connectivity index (χ3v) is 13.7. The molecule has 0 nitrogen and oxygen atoms in total. The SMILES string of the molecule is CCCCC(CC)[P+]12CC(C(C)C1CC(C)C)C2CCC. The van der Waals surface area contributed by atoms with Crippen molar-refractivity contribution in [1.29, 1.82) is 0 Å². The summed E-state index contributed by atoms with van der Waals surface area (Å²) in [6, 6.07) is 0. The molecule has 3 rings (SSSR count). The highest BCUT2D eigenvalue weighted by Crippen LogP contribution is 2.90. The lowest BCUT2D eigenvalue weighted by Crippen LogP contribution is -2.40. The number of rotatable bonds is 9. The topological polar surface area (TPSA) is 0 Å². The van der Waals surface area contributed by atoms with Gasteiger partial charge in [0.25, 0.3) is 0 Å². The van der Waals surface area contributed by atoms with E-state index < -0.39 is 7.26 Å². The molecule has 0 radical (unpaired) electrons. The van der Waals surface area contributed by atoms with Crippen LogP contribution in [-0.2, 0) is 0 Å². The molecule has 3 aliphatic rings. The van der Waals surface area contributed by atoms with Gasteiger partial charge in [-0.2, -0.15) is 0 Å². The molecule has 0 aromatic rings. The zero-order valence-corrected chi connectivity index (χ0v) is 16.5. The first-order valence-corrected chi connectivity index (χ1v) is 12.1. The van der Waals surface area contributed by atoms with Gasteiger partial charge in [0.05, 0.1) is 23.1 Å². The molecule has 124 valence electrons. The largest absolute Gasteiger partial charge is 0.0770 e. The van der Waals surface area contributed by atoms with Crippen molar-refractivity contribution in [3.63, 3.8) is 0 Å². The third kappa shape index (κ3) is 2.96. The van der Waals surface area contributed by atoms with Crippen molar-refractivity contribution in [2.24, 2.45) is 17.8 Å². The smallest absolute Gasteiger partial charge is 0.0654 e. The number of hydrogen-bond acceptors (Lipinski definition) is 0. The zero-order valence-electron chi connectivity index (χ0n) is 15.6. The molecule has 21 heavy (non-hydrogen) atoms. The van der Waals surface area contributed by atoms with Crippen LogP contribution in [0.3, 0.4) is 0 Å². The van der Waals surface area contributed by atoms with Gasteiger partial charge in [0.15, 0.2) is 0 Å². The van der Waals surface area contributed by atoms with Crippen LogP contribution >= 0.6 is 7.26 Å². The molecule has 3 saturated heterocycles. The van der Waals surface area contributed by atoms with Gasteiger partial charge < -0.3 is 0 Å². The van der Waals surface area contributed by atoms with Crippen LogP contribution in [0, 0.1) is 17.8 Å². The van der Waals surface area contributed by atoms with Crippen molar-refractivity contribution in [2.45, 2.75) is 103 Å². The fourth-order valence-corrected chi connectivity index (χ4v) is 14.4. The van der Waals surface area contributed by atoms with Gasteiger partial charge in [-0.1, -0.05) is 54.4 Å². The van der Waals surface area contributed by atoms with Gasteiger partial charge >= 0.3 is 0 Å². The van der Waals surface area contributed by atoms with Crippen LogP contribution in [-0.4, -0.2) is 23.1 Å². The minimum Gasteiger partial charge on any atom is -0.0654 e. The molecule has 0 aromatic carbocycles. The molecule has 0 spiro atoms. The van der Waals surface area contributed by atoms with Crippen molar-refractivity contribution in [2.75, 3.05) is 6.16 Å². The Bertz CT molecular complexity index is 324. The Balaban J connectivity index is 2.23. The third-order valence-electron chi connectivity index (χ3n) is 6.88. The van der Waals surface area contributed by atoms with E-state index in [0.717, 1.165) is 29.1 Å². The Labute approximate surface area is 135 Å². The van der Waals surface area contributed by atoms with Gasteiger partial charge in [-0.3, -0.25) is 0 Å². The average molecular weight is 312 g/mol. The quantitative estimate of drug-likeness (QED) is 0.409. The Morgan fingerprint density at radius 3 is 2.29 bits per heavy atom. The summed E-state index contributed by atoms with van der Waals surface area (Å²) in [7, 11) is -0.663. The predicted molar refractivity (Wildman–Crippen MR) is 100.0 cm³/mol. The molecule has 0 aliphatic carbocycles. The first-order chi connectivity index (χ1) is 10.0. The molecule has 2 bridgehead atoms. The van der Waals surface area contributed by atoms with Crippen LogP contribution in [0.15, 0.2) is 0 Å². The normalized spacial score (nSPS) is 39.6. The average Bonchev–Trinajstić information content (AvgIpc) is 2.82. The molecule has 3 aliphatic heterocycles. The maximum atomic E-state index is 2.63. The van der Waals surface area contributed by atoms with E-state index in [1.54, 1.807) is 19.0 Å². The molecule has 0 amide bonds. The molecule has 0 saturated carbocycles. The summed E-state index contributed by atoms with van der Waals surface area (Å²) in [5.74, 6) is 3.07. The Kier molecular flexibility index (Phi) is 6.21. The fraction of sp³-hybridized carbons (Fsp3) is 1.00. The highest BCUT2D eigenvalue weighted by atomic mass is 31.2. The predicted octanol–water partition coefficient (Wildman–Crippen LogP) is 6.84. The summed E-state index contributed by atoms with van der Waals surface area (Å²) in [5, 5.41) is 0. The minimum absolute atomic E-state index is 0.663. The van der Waals surface area contributed by atoms with E-state index in [0.29, 0.717) is 0 Å². The van der Waals surface area contributed by atoms with E-state index in [1.165, 1.54) is 37.8 Å². The summed E-state index contributed by atoms with van der Waals surface area (Å²) in [4.78, 5) is 0. The van der Waals surface area contributed by atoms with Crippen LogP contribution in [0.4, 0.5) is 0 Å². The Morgan fingerprint density at radius 1 is 1.05 bits per heavy atom. The van der Waals surface area contributed by atoms with Crippen LogP contribution in [0.2, 0.25) is 0 Å². The summed E-state index contributed by atoms with van der Waals surface area (Å²) in [5.41, 5.74) is 3.45. The highest BCUT2D eigenvalue weighted by Gasteiger charge is 2.75. The van der Waals surface area contributed by atoms with Crippen molar-refractivity contribution < 1.29 is 0 Å². The van der Waals surface area contributed by atoms with E-state index in [1.807, 2.05) is 0 Å². The molecule has 6 unspecified atom stereocenters. The second-order valence-electron chi connectivity index (χ2n) is 8.46. The molecule has 0 aromatic heterocycles. The summed E-state index contributed by atoms with van der Waals surface area (Å²) in [6.07, 6.45) is 12.1. The first-order valence-electron chi connectivity index (χ1n) is 9.89. The lowest BCUT2D eigenvalue weighted by Gasteiger charge is -2.48. The standard InChI is InChI=1S/C20H40P/c1-7-10-12-17(9-3)21-14-18(19(21)11-8-2)16(6)20(21)13-15(4)5/h15-20H,7-14H2,1-6H3/q+1. The minimum atomic E-state index is -0.663. The molecular formula is C20H40P+. The summed E-state index contributed by atoms with van der Waals surface area (Å²) < 4.78 is 0. The van der Waals surface area contributed by atoms with Gasteiger partial charge in [0.2, 0.25) is 0 Å². The van der Waals surface area contributed by atoms with E-state index in [-0.39, 0.29) is 0 Å². The van der Waals surface area contributed by atoms with E-state index in [9.17, 15) is 0 Å². The van der Waals surface area contributed by atoms with Crippen LogP contribution < -0.4 is 0 Å². The first kappa shape index (κ1) is 17.8. The fourth-order valence-electron chi connectivity index (χ4n) is 6.02. The molecule has 1 heteroatoms. The molecular weight excluding hydrogens is 271 g/mol. The lowest BCUT2D eigenvalue weighted by atomic mass is 9.86. The van der Waals surface area contributed by atoms with Gasteiger partial charge in [-0.15, -0.1) is 0 Å². The zero-order chi connectivity index (χ0) is 15.6. The van der Waals surface area contributed by atoms with Crippen LogP contribution in [0.5, 0.6) is 0 Å². The lowest BCUT2D eigenvalue weighted by molar-refractivity contribution is 0.365. The van der Waals surface area contributed by atoms with Gasteiger partial charge in [-0.25, -0.2) is 0 Å². The second kappa shape index (κ2) is 7.33. The van der Waals surface area contributed by atoms with Crippen molar-refractivity contribution in [3.05, 3.63) is 0 Å². The van der Waals surface area contributed by atoms with Crippen molar-refractivity contribution in [1.82, 2.24) is 0 Å². The van der Waals surface area contributed by atoms with Crippen molar-refractivity contribution in [3.8, 4) is 0 Å². The molecule has 0 N–H and O–H groups in total. The number of unbranched alkanes of at least 4 members (excludes halogenated alkanes) is 1. The van der Waals surface area contributed by atoms with Crippen LogP contribution in [0.1, 0.15) is 86.5 Å². The summed E-state index contributed by atoms with van der Waals surface area (Å²) >= 11 is 0. The van der Waals surface area contributed by atoms with Gasteiger partial charge in [0.1, 0.15) is 0 Å². The monoisotopic (exact) mass is 311 g/mol. The maximum absolute atomic E-state index is 2.63. The number of hydrogen-bond donors (Lipinski definition) is 0. The molecule has 3 heterocycles. The second-order valence-corrected chi connectivity index (χ2v) is 12.9. The van der Waals surface area contributed by atoms with Gasteiger partial charge in [0, 0.05) is 19.1 Å². The Hall–Kier alpha value is 0.430. The molecule has 3 fully saturated rings. The van der Waals surface area contributed by atoms with Crippen LogP contribution in [0.25, 0.3) is 0 Å².